The minimum atomic E-state index is -0.372. The summed E-state index contributed by atoms with van der Waals surface area (Å²) in [7, 11) is 1.60. The molecule has 4 rings (SSSR count). The number of carbonyl (C=O) groups excluding carboxylic acids is 2. The largest absolute Gasteiger partial charge is 0.462 e. The van der Waals surface area contributed by atoms with Crippen molar-refractivity contribution in [3.8, 4) is 5.69 Å². The lowest BCUT2D eigenvalue weighted by Gasteiger charge is -2.10. The third-order valence-corrected chi connectivity index (χ3v) is 7.11. The van der Waals surface area contributed by atoms with Crippen LogP contribution in [0.4, 0.5) is 5.00 Å². The molecule has 0 unspecified atom stereocenters. The van der Waals surface area contributed by atoms with E-state index in [9.17, 15) is 9.59 Å². The molecule has 0 atom stereocenters. The molecule has 0 saturated heterocycles. The summed E-state index contributed by atoms with van der Waals surface area (Å²) in [6.45, 7) is 2.38. The summed E-state index contributed by atoms with van der Waals surface area (Å²) >= 11 is 2.75. The second-order valence-electron chi connectivity index (χ2n) is 7.12. The first kappa shape index (κ1) is 22.5. The maximum atomic E-state index is 12.8. The van der Waals surface area contributed by atoms with E-state index < -0.39 is 0 Å². The van der Waals surface area contributed by atoms with E-state index in [2.05, 4.69) is 15.5 Å². The number of amides is 1. The SMILES string of the molecule is CCOC(=O)c1c(NC(=O)CSc2nnc(COC)n2-c2ccccc2)sc2c1CCC2. The molecule has 1 amide bonds. The monoisotopic (exact) mass is 472 g/mol. The van der Waals surface area contributed by atoms with E-state index in [0.29, 0.717) is 34.8 Å². The molecule has 3 aromatic rings. The fraction of sp³-hybridized carbons (Fsp3) is 0.364. The number of benzene rings is 1. The van der Waals surface area contributed by atoms with Crippen LogP contribution in [-0.2, 0) is 33.7 Å². The Morgan fingerprint density at radius 1 is 1.22 bits per heavy atom. The van der Waals surface area contributed by atoms with Gasteiger partial charge in [0.25, 0.3) is 0 Å². The van der Waals surface area contributed by atoms with Gasteiger partial charge in [0.05, 0.1) is 17.9 Å². The molecular weight excluding hydrogens is 448 g/mol. The van der Waals surface area contributed by atoms with Crippen LogP contribution in [0.15, 0.2) is 35.5 Å². The normalized spacial score (nSPS) is 12.6. The molecule has 0 bridgehead atoms. The molecule has 1 aliphatic carbocycles. The maximum Gasteiger partial charge on any atom is 0.341 e. The van der Waals surface area contributed by atoms with E-state index in [4.69, 9.17) is 9.47 Å². The van der Waals surface area contributed by atoms with Gasteiger partial charge in [0.2, 0.25) is 5.91 Å². The maximum absolute atomic E-state index is 12.8. The summed E-state index contributed by atoms with van der Waals surface area (Å²) in [6.07, 6.45) is 2.79. The zero-order chi connectivity index (χ0) is 22.5. The number of thioether (sulfide) groups is 1. The van der Waals surface area contributed by atoms with E-state index in [1.807, 2.05) is 34.9 Å². The smallest absolute Gasteiger partial charge is 0.341 e. The highest BCUT2D eigenvalue weighted by Gasteiger charge is 2.28. The molecule has 32 heavy (non-hydrogen) atoms. The van der Waals surface area contributed by atoms with Crippen molar-refractivity contribution in [3.63, 3.8) is 0 Å². The minimum absolute atomic E-state index is 0.128. The van der Waals surface area contributed by atoms with Gasteiger partial charge in [-0.15, -0.1) is 21.5 Å². The van der Waals surface area contributed by atoms with E-state index in [0.717, 1.165) is 35.4 Å². The van der Waals surface area contributed by atoms with E-state index in [1.54, 1.807) is 14.0 Å². The standard InChI is InChI=1S/C22H24N4O4S2/c1-3-30-21(28)19-15-10-7-11-16(15)32-20(19)23-18(27)13-31-22-25-24-17(12-29-2)26(22)14-8-5-4-6-9-14/h4-6,8-9H,3,7,10-13H2,1-2H3,(H,23,27). The Balaban J connectivity index is 1.50. The molecule has 1 aromatic carbocycles. The molecule has 0 fully saturated rings. The Hall–Kier alpha value is -2.69. The number of anilines is 1. The second-order valence-corrected chi connectivity index (χ2v) is 9.17. The van der Waals surface area contributed by atoms with Gasteiger partial charge in [-0.05, 0) is 43.9 Å². The third-order valence-electron chi connectivity index (χ3n) is 4.97. The Bertz CT molecular complexity index is 1110. The van der Waals surface area contributed by atoms with E-state index in [1.165, 1.54) is 23.1 Å². The second kappa shape index (κ2) is 10.3. The molecule has 8 nitrogen and oxygen atoms in total. The number of rotatable bonds is 9. The van der Waals surface area contributed by atoms with Crippen LogP contribution in [0.2, 0.25) is 0 Å². The topological polar surface area (TPSA) is 95.3 Å². The fourth-order valence-electron chi connectivity index (χ4n) is 3.66. The van der Waals surface area contributed by atoms with Gasteiger partial charge in [0.15, 0.2) is 11.0 Å². The predicted octanol–water partition coefficient (Wildman–Crippen LogP) is 3.87. The summed E-state index contributed by atoms with van der Waals surface area (Å²) in [5, 5.41) is 12.5. The van der Waals surface area contributed by atoms with Gasteiger partial charge in [-0.1, -0.05) is 30.0 Å². The number of carbonyl (C=O) groups is 2. The molecular formula is C22H24N4O4S2. The van der Waals surface area contributed by atoms with Gasteiger partial charge in [0, 0.05) is 17.7 Å². The van der Waals surface area contributed by atoms with Crippen LogP contribution >= 0.6 is 23.1 Å². The van der Waals surface area contributed by atoms with Crippen molar-refractivity contribution in [2.75, 3.05) is 24.8 Å². The molecule has 2 heterocycles. The van der Waals surface area contributed by atoms with Crippen molar-refractivity contribution in [2.24, 2.45) is 0 Å². The summed E-state index contributed by atoms with van der Waals surface area (Å²) < 4.78 is 12.4. The molecule has 0 spiro atoms. The van der Waals surface area contributed by atoms with E-state index >= 15 is 0 Å². The van der Waals surface area contributed by atoms with Crippen molar-refractivity contribution < 1.29 is 19.1 Å². The number of aromatic nitrogens is 3. The highest BCUT2D eigenvalue weighted by Crippen LogP contribution is 2.39. The van der Waals surface area contributed by atoms with Gasteiger partial charge in [0.1, 0.15) is 11.6 Å². The zero-order valence-corrected chi connectivity index (χ0v) is 19.6. The van der Waals surface area contributed by atoms with Gasteiger partial charge in [-0.3, -0.25) is 9.36 Å². The highest BCUT2D eigenvalue weighted by atomic mass is 32.2. The zero-order valence-electron chi connectivity index (χ0n) is 17.9. The Morgan fingerprint density at radius 2 is 2.03 bits per heavy atom. The average molecular weight is 473 g/mol. The van der Waals surface area contributed by atoms with Crippen molar-refractivity contribution >= 4 is 40.0 Å². The van der Waals surface area contributed by atoms with Crippen LogP contribution in [0.3, 0.4) is 0 Å². The Morgan fingerprint density at radius 3 is 2.78 bits per heavy atom. The number of para-hydroxylation sites is 1. The van der Waals surface area contributed by atoms with Crippen LogP contribution in [0.5, 0.6) is 0 Å². The van der Waals surface area contributed by atoms with Gasteiger partial charge >= 0.3 is 5.97 Å². The lowest BCUT2D eigenvalue weighted by Crippen LogP contribution is -2.17. The van der Waals surface area contributed by atoms with Crippen LogP contribution in [0.25, 0.3) is 5.69 Å². The van der Waals surface area contributed by atoms with Crippen LogP contribution in [0.1, 0.15) is 40.0 Å². The van der Waals surface area contributed by atoms with Crippen molar-refractivity contribution in [1.29, 1.82) is 0 Å². The fourth-order valence-corrected chi connectivity index (χ4v) is 5.72. The van der Waals surface area contributed by atoms with Crippen molar-refractivity contribution in [3.05, 3.63) is 52.2 Å². The van der Waals surface area contributed by atoms with Crippen LogP contribution in [0, 0.1) is 0 Å². The summed E-state index contributed by atoms with van der Waals surface area (Å²) in [5.74, 6) is 0.197. The minimum Gasteiger partial charge on any atom is -0.462 e. The number of methoxy groups -OCH3 is 1. The average Bonchev–Trinajstić information content (AvgIpc) is 3.48. The molecule has 0 aliphatic heterocycles. The lowest BCUT2D eigenvalue weighted by molar-refractivity contribution is -0.113. The summed E-state index contributed by atoms with van der Waals surface area (Å²) in [4.78, 5) is 26.4. The van der Waals surface area contributed by atoms with Crippen molar-refractivity contribution in [2.45, 2.75) is 37.9 Å². The molecule has 1 aliphatic rings. The molecule has 0 saturated carbocycles. The van der Waals surface area contributed by atoms with E-state index in [-0.39, 0.29) is 17.6 Å². The first-order valence-electron chi connectivity index (χ1n) is 10.3. The van der Waals surface area contributed by atoms with Crippen molar-refractivity contribution in [1.82, 2.24) is 14.8 Å². The summed E-state index contributed by atoms with van der Waals surface area (Å²) in [5.41, 5.74) is 2.42. The number of hydrogen-bond acceptors (Lipinski definition) is 8. The Labute approximate surface area is 194 Å². The first-order chi connectivity index (χ1) is 15.6. The molecule has 0 radical (unpaired) electrons. The lowest BCUT2D eigenvalue weighted by atomic mass is 10.1. The van der Waals surface area contributed by atoms with Gasteiger partial charge in [-0.25, -0.2) is 4.79 Å². The molecule has 168 valence electrons. The number of esters is 1. The first-order valence-corrected chi connectivity index (χ1v) is 12.2. The van der Waals surface area contributed by atoms with Crippen LogP contribution < -0.4 is 5.32 Å². The Kier molecular flexibility index (Phi) is 7.23. The number of thiophene rings is 1. The number of ether oxygens (including phenoxy) is 2. The third kappa shape index (κ3) is 4.72. The number of aryl methyl sites for hydroxylation is 1. The number of nitrogens with one attached hydrogen (secondary N) is 1. The quantitative estimate of drug-likeness (QED) is 0.373. The molecule has 10 heteroatoms. The predicted molar refractivity (Wildman–Crippen MR) is 124 cm³/mol. The number of hydrogen-bond donors (Lipinski definition) is 1. The van der Waals surface area contributed by atoms with Crippen LogP contribution in [-0.4, -0.2) is 46.1 Å². The summed E-state index contributed by atoms with van der Waals surface area (Å²) in [6, 6.07) is 9.69. The van der Waals surface area contributed by atoms with Gasteiger partial charge in [-0.2, -0.15) is 0 Å². The highest BCUT2D eigenvalue weighted by molar-refractivity contribution is 7.99. The molecule has 1 N–H and O–H groups in total. The number of fused-ring (bicyclic) bond motifs is 1. The number of nitrogens with zero attached hydrogens (tertiary/aromatic N) is 3. The van der Waals surface area contributed by atoms with Gasteiger partial charge < -0.3 is 14.8 Å². The molecule has 2 aromatic heterocycles.